The highest BCUT2D eigenvalue weighted by atomic mass is 16.5. The Balaban J connectivity index is 1.84. The van der Waals surface area contributed by atoms with Gasteiger partial charge in [0, 0.05) is 13.0 Å². The number of carbonyl (C=O) groups excluding carboxylic acids is 3. The number of benzene rings is 2. The molecule has 2 aromatic rings. The van der Waals surface area contributed by atoms with Crippen molar-refractivity contribution in [2.45, 2.75) is 6.92 Å². The van der Waals surface area contributed by atoms with Crippen LogP contribution in [0.2, 0.25) is 0 Å². The summed E-state index contributed by atoms with van der Waals surface area (Å²) in [4.78, 5) is 34.8. The van der Waals surface area contributed by atoms with Crippen LogP contribution in [-0.2, 0) is 9.53 Å². The molecule has 0 saturated carbocycles. The van der Waals surface area contributed by atoms with Crippen molar-refractivity contribution in [3.05, 3.63) is 64.9 Å². The molecular weight excluding hydrogens is 324 g/mol. The molecule has 126 valence electrons. The summed E-state index contributed by atoms with van der Waals surface area (Å²) in [6.07, 6.45) is 1.58. The van der Waals surface area contributed by atoms with E-state index >= 15 is 0 Å². The van der Waals surface area contributed by atoms with E-state index in [1.165, 1.54) is 26.2 Å². The molecule has 0 saturated heterocycles. The van der Waals surface area contributed by atoms with Crippen LogP contribution in [0.15, 0.2) is 48.2 Å². The molecule has 0 spiro atoms. The maximum Gasteiger partial charge on any atom is 0.337 e. The average Bonchev–Trinajstić information content (AvgIpc) is 2.89. The first kappa shape index (κ1) is 16.4. The van der Waals surface area contributed by atoms with Crippen molar-refractivity contribution >= 4 is 23.8 Å². The smallest absolute Gasteiger partial charge is 0.337 e. The summed E-state index contributed by atoms with van der Waals surface area (Å²) in [6.45, 7) is 1.29. The van der Waals surface area contributed by atoms with Gasteiger partial charge in [-0.3, -0.25) is 9.59 Å². The Labute approximate surface area is 143 Å². The molecule has 0 aliphatic carbocycles. The fourth-order valence-corrected chi connectivity index (χ4v) is 2.38. The number of fused-ring (bicyclic) bond motifs is 1. The summed E-state index contributed by atoms with van der Waals surface area (Å²) >= 11 is 0. The van der Waals surface area contributed by atoms with Crippen LogP contribution in [0.1, 0.15) is 33.2 Å². The van der Waals surface area contributed by atoms with Gasteiger partial charge in [-0.1, -0.05) is 12.1 Å². The van der Waals surface area contributed by atoms with Gasteiger partial charge in [0.2, 0.25) is 5.78 Å². The molecule has 0 radical (unpaired) electrons. The predicted octanol–water partition coefficient (Wildman–Crippen LogP) is 3.01. The summed E-state index contributed by atoms with van der Waals surface area (Å²) in [5.41, 5.74) is 1.51. The molecule has 0 unspecified atom stereocenters. The zero-order chi connectivity index (χ0) is 18.0. The van der Waals surface area contributed by atoms with Crippen LogP contribution < -0.4 is 9.47 Å². The zero-order valence-corrected chi connectivity index (χ0v) is 13.6. The SMILES string of the molecule is COC(=O)c1ccc(/C=C2\Oc3cc(OC(C)=O)ccc3C2=O)cc1. The van der Waals surface area contributed by atoms with E-state index < -0.39 is 11.9 Å². The van der Waals surface area contributed by atoms with E-state index in [1.807, 2.05) is 0 Å². The lowest BCUT2D eigenvalue weighted by atomic mass is 10.1. The number of methoxy groups -OCH3 is 1. The van der Waals surface area contributed by atoms with E-state index in [9.17, 15) is 14.4 Å². The van der Waals surface area contributed by atoms with Gasteiger partial charge in [0.25, 0.3) is 0 Å². The molecule has 25 heavy (non-hydrogen) atoms. The van der Waals surface area contributed by atoms with Crippen molar-refractivity contribution in [2.75, 3.05) is 7.11 Å². The minimum Gasteiger partial charge on any atom is -0.465 e. The Morgan fingerprint density at radius 3 is 2.44 bits per heavy atom. The lowest BCUT2D eigenvalue weighted by molar-refractivity contribution is -0.131. The van der Waals surface area contributed by atoms with Gasteiger partial charge in [-0.05, 0) is 35.9 Å². The number of esters is 2. The Kier molecular flexibility index (Phi) is 4.35. The molecule has 0 aromatic heterocycles. The van der Waals surface area contributed by atoms with Gasteiger partial charge < -0.3 is 14.2 Å². The van der Waals surface area contributed by atoms with Crippen LogP contribution in [0.25, 0.3) is 6.08 Å². The second-order valence-corrected chi connectivity index (χ2v) is 5.30. The summed E-state index contributed by atoms with van der Waals surface area (Å²) in [5, 5.41) is 0. The molecule has 3 rings (SSSR count). The van der Waals surface area contributed by atoms with Crippen LogP contribution >= 0.6 is 0 Å². The van der Waals surface area contributed by atoms with Crippen LogP contribution in [-0.4, -0.2) is 24.8 Å². The molecule has 6 nitrogen and oxygen atoms in total. The number of carbonyl (C=O) groups is 3. The predicted molar refractivity (Wildman–Crippen MR) is 88.5 cm³/mol. The van der Waals surface area contributed by atoms with Gasteiger partial charge in [-0.25, -0.2) is 4.79 Å². The Morgan fingerprint density at radius 1 is 1.08 bits per heavy atom. The Bertz CT molecular complexity index is 893. The third kappa shape index (κ3) is 3.42. The monoisotopic (exact) mass is 338 g/mol. The van der Waals surface area contributed by atoms with Crippen molar-refractivity contribution in [1.82, 2.24) is 0 Å². The van der Waals surface area contributed by atoms with E-state index in [2.05, 4.69) is 4.74 Å². The second kappa shape index (κ2) is 6.60. The molecule has 0 amide bonds. The summed E-state index contributed by atoms with van der Waals surface area (Å²) in [5.74, 6) is -0.352. The summed E-state index contributed by atoms with van der Waals surface area (Å²) < 4.78 is 15.2. The van der Waals surface area contributed by atoms with Crippen molar-refractivity contribution < 1.29 is 28.6 Å². The topological polar surface area (TPSA) is 78.9 Å². The van der Waals surface area contributed by atoms with E-state index in [0.717, 1.165) is 0 Å². The number of hydrogen-bond acceptors (Lipinski definition) is 6. The highest BCUT2D eigenvalue weighted by molar-refractivity contribution is 6.14. The van der Waals surface area contributed by atoms with Crippen molar-refractivity contribution in [1.29, 1.82) is 0 Å². The van der Waals surface area contributed by atoms with E-state index in [4.69, 9.17) is 9.47 Å². The van der Waals surface area contributed by atoms with Crippen LogP contribution in [0.3, 0.4) is 0 Å². The van der Waals surface area contributed by atoms with Gasteiger partial charge in [-0.15, -0.1) is 0 Å². The molecule has 0 fully saturated rings. The quantitative estimate of drug-likeness (QED) is 0.486. The van der Waals surface area contributed by atoms with Crippen LogP contribution in [0, 0.1) is 0 Å². The Morgan fingerprint density at radius 2 is 1.80 bits per heavy atom. The highest BCUT2D eigenvalue weighted by Gasteiger charge is 2.27. The maximum absolute atomic E-state index is 12.4. The molecule has 1 aliphatic heterocycles. The maximum atomic E-state index is 12.4. The van der Waals surface area contributed by atoms with E-state index in [1.54, 1.807) is 36.4 Å². The van der Waals surface area contributed by atoms with Gasteiger partial charge in [-0.2, -0.15) is 0 Å². The van der Waals surface area contributed by atoms with Gasteiger partial charge >= 0.3 is 11.9 Å². The first-order chi connectivity index (χ1) is 12.0. The lowest BCUT2D eigenvalue weighted by Crippen LogP contribution is -2.01. The minimum atomic E-state index is -0.453. The number of rotatable bonds is 3. The zero-order valence-electron chi connectivity index (χ0n) is 13.6. The largest absolute Gasteiger partial charge is 0.465 e. The molecule has 0 bridgehead atoms. The number of Topliss-reactive ketones (excluding diaryl/α,β-unsaturated/α-hetero) is 1. The fourth-order valence-electron chi connectivity index (χ4n) is 2.38. The highest BCUT2D eigenvalue weighted by Crippen LogP contribution is 2.34. The first-order valence-electron chi connectivity index (χ1n) is 7.43. The molecule has 0 atom stereocenters. The average molecular weight is 338 g/mol. The molecule has 0 N–H and O–H groups in total. The number of hydrogen-bond donors (Lipinski definition) is 0. The molecule has 2 aromatic carbocycles. The van der Waals surface area contributed by atoms with Crippen molar-refractivity contribution in [3.63, 3.8) is 0 Å². The molecule has 1 aliphatic rings. The van der Waals surface area contributed by atoms with E-state index in [0.29, 0.717) is 28.2 Å². The molecule has 6 heteroatoms. The van der Waals surface area contributed by atoms with E-state index in [-0.39, 0.29) is 11.5 Å². The number of ketones is 1. The van der Waals surface area contributed by atoms with Gasteiger partial charge in [0.05, 0.1) is 18.2 Å². The molecule has 1 heterocycles. The summed E-state index contributed by atoms with van der Waals surface area (Å²) in [7, 11) is 1.31. The van der Waals surface area contributed by atoms with Crippen molar-refractivity contribution in [3.8, 4) is 11.5 Å². The number of allylic oxidation sites excluding steroid dienone is 1. The number of ether oxygens (including phenoxy) is 3. The standard InChI is InChI=1S/C19H14O6/c1-11(20)24-14-7-8-15-16(10-14)25-17(18(15)21)9-12-3-5-13(6-4-12)19(22)23-2/h3-10H,1-2H3/b17-9-. The van der Waals surface area contributed by atoms with Gasteiger partial charge in [0.15, 0.2) is 5.76 Å². The second-order valence-electron chi connectivity index (χ2n) is 5.30. The summed E-state index contributed by atoms with van der Waals surface area (Å²) in [6, 6.07) is 11.2. The third-order valence-electron chi connectivity index (χ3n) is 3.53. The lowest BCUT2D eigenvalue weighted by Gasteiger charge is -2.03. The normalized spacial score (nSPS) is 14.0. The van der Waals surface area contributed by atoms with Crippen LogP contribution in [0.4, 0.5) is 0 Å². The fraction of sp³-hybridized carbons (Fsp3) is 0.105. The van der Waals surface area contributed by atoms with Crippen molar-refractivity contribution in [2.24, 2.45) is 0 Å². The van der Waals surface area contributed by atoms with Gasteiger partial charge in [0.1, 0.15) is 11.5 Å². The third-order valence-corrected chi connectivity index (χ3v) is 3.53. The Hall–Kier alpha value is -3.41. The first-order valence-corrected chi connectivity index (χ1v) is 7.43. The molecular formula is C19H14O6. The van der Waals surface area contributed by atoms with Crippen LogP contribution in [0.5, 0.6) is 11.5 Å². The minimum absolute atomic E-state index is 0.154.